The molecule has 1 unspecified atom stereocenters. The van der Waals surface area contributed by atoms with Gasteiger partial charge in [-0.15, -0.1) is 12.6 Å². The smallest absolute Gasteiger partial charge is 0.311 e. The van der Waals surface area contributed by atoms with Crippen LogP contribution >= 0.6 is 28.6 Å². The van der Waals surface area contributed by atoms with E-state index in [1.165, 1.54) is 26.9 Å². The van der Waals surface area contributed by atoms with Gasteiger partial charge in [-0.25, -0.2) is 0 Å². The quantitative estimate of drug-likeness (QED) is 0.0559. The fourth-order valence-corrected chi connectivity index (χ4v) is 16.2. The van der Waals surface area contributed by atoms with E-state index in [0.717, 1.165) is 101 Å². The Morgan fingerprint density at radius 2 is 0.974 bits per heavy atom. The Morgan fingerprint density at radius 1 is 0.532 bits per heavy atom. The van der Waals surface area contributed by atoms with Gasteiger partial charge in [-0.2, -0.15) is 0 Å². The molecule has 6 aromatic carbocycles. The first kappa shape index (κ1) is 54.0. The highest BCUT2D eigenvalue weighted by Gasteiger charge is 2.59. The van der Waals surface area contributed by atoms with Gasteiger partial charge in [0.1, 0.15) is 23.4 Å². The van der Waals surface area contributed by atoms with Crippen molar-refractivity contribution in [3.63, 3.8) is 0 Å². The number of ether oxygens (including phenoxy) is 4. The average Bonchev–Trinajstić information content (AvgIpc) is 3.40. The monoisotopic (exact) mass is 1120 g/mol. The van der Waals surface area contributed by atoms with Crippen molar-refractivity contribution in [2.24, 2.45) is 70.5 Å². The zero-order chi connectivity index (χ0) is 54.5. The van der Waals surface area contributed by atoms with Crippen LogP contribution < -0.4 is 0 Å². The molecule has 1 atom stereocenters. The number of halogens is 1. The zero-order valence-corrected chi connectivity index (χ0v) is 48.9. The number of hydrogen-bond donors (Lipinski definition) is 1. The Kier molecular flexibility index (Phi) is 14.5. The lowest BCUT2D eigenvalue weighted by Crippen LogP contribution is -2.56. The second kappa shape index (κ2) is 20.6. The summed E-state index contributed by atoms with van der Waals surface area (Å²) in [4.78, 5) is 53.7. The lowest BCUT2D eigenvalue weighted by atomic mass is 9.50. The number of hydrogen-bond acceptors (Lipinski definition) is 9. The summed E-state index contributed by atoms with van der Waals surface area (Å²) in [5, 5.41) is 9.31. The number of esters is 4. The molecule has 0 saturated heterocycles. The van der Waals surface area contributed by atoms with Gasteiger partial charge in [0.25, 0.3) is 0 Å². The van der Waals surface area contributed by atoms with Gasteiger partial charge in [0.05, 0.1) is 23.2 Å². The normalized spacial score (nSPS) is 28.6. The van der Waals surface area contributed by atoms with Crippen LogP contribution in [0.4, 0.5) is 0 Å². The van der Waals surface area contributed by atoms with Crippen molar-refractivity contribution in [1.82, 2.24) is 0 Å². The molecule has 6 aromatic rings. The van der Waals surface area contributed by atoms with E-state index in [9.17, 15) is 19.2 Å². The molecular formula is C67H77BrO8S. The van der Waals surface area contributed by atoms with E-state index in [0.29, 0.717) is 47.3 Å². The maximum atomic E-state index is 13.7. The van der Waals surface area contributed by atoms with Gasteiger partial charge in [0, 0.05) is 9.37 Å². The predicted octanol–water partition coefficient (Wildman–Crippen LogP) is 16.3. The van der Waals surface area contributed by atoms with Gasteiger partial charge in [0.2, 0.25) is 0 Å². The minimum atomic E-state index is -0.754. The van der Waals surface area contributed by atoms with Crippen molar-refractivity contribution < 1.29 is 38.1 Å². The van der Waals surface area contributed by atoms with Crippen molar-refractivity contribution in [2.45, 2.75) is 155 Å². The fraction of sp³-hybridized carbons (Fsp3) is 0.522. The maximum absolute atomic E-state index is 13.7. The topological polar surface area (TPSA) is 105 Å². The molecule has 0 amide bonds. The van der Waals surface area contributed by atoms with Crippen molar-refractivity contribution in [3.05, 3.63) is 113 Å². The molecule has 406 valence electrons. The lowest BCUT2D eigenvalue weighted by Gasteiger charge is -2.56. The zero-order valence-electron chi connectivity index (χ0n) is 46.4. The number of carbonyl (C=O) groups is 4. The van der Waals surface area contributed by atoms with Gasteiger partial charge in [-0.05, 0) is 232 Å². The summed E-state index contributed by atoms with van der Waals surface area (Å²) >= 11 is 8.52. The van der Waals surface area contributed by atoms with Crippen LogP contribution in [-0.2, 0) is 49.3 Å². The van der Waals surface area contributed by atoms with Crippen molar-refractivity contribution in [1.29, 1.82) is 0 Å². The van der Waals surface area contributed by atoms with Gasteiger partial charge >= 0.3 is 23.9 Å². The third-order valence-corrected chi connectivity index (χ3v) is 21.0. The van der Waals surface area contributed by atoms with E-state index in [4.69, 9.17) is 31.6 Å². The summed E-state index contributed by atoms with van der Waals surface area (Å²) in [5.74, 6) is 2.37. The molecule has 8 aliphatic rings. The molecule has 10 heteroatoms. The number of rotatable bonds is 12. The summed E-state index contributed by atoms with van der Waals surface area (Å²) in [6.45, 7) is 17.9. The molecule has 0 spiro atoms. The fourth-order valence-electron chi connectivity index (χ4n) is 15.3. The molecule has 0 radical (unpaired) electrons. The van der Waals surface area contributed by atoms with Crippen LogP contribution in [0.2, 0.25) is 0 Å². The lowest BCUT2D eigenvalue weighted by molar-refractivity contribution is -0.198. The number of fused-ring (bicyclic) bond motifs is 6. The van der Waals surface area contributed by atoms with E-state index in [1.807, 2.05) is 68.4 Å². The van der Waals surface area contributed by atoms with Crippen molar-refractivity contribution in [3.8, 4) is 0 Å². The molecule has 8 saturated carbocycles. The Labute approximate surface area is 469 Å². The van der Waals surface area contributed by atoms with Crippen LogP contribution in [0, 0.1) is 70.5 Å². The summed E-state index contributed by atoms with van der Waals surface area (Å²) in [6, 6.07) is 33.8. The summed E-state index contributed by atoms with van der Waals surface area (Å²) < 4.78 is 25.9. The van der Waals surface area contributed by atoms with E-state index in [-0.39, 0.29) is 53.8 Å². The van der Waals surface area contributed by atoms with Crippen LogP contribution in [-0.4, -0.2) is 36.1 Å². The number of benzene rings is 6. The highest BCUT2D eigenvalue weighted by molar-refractivity contribution is 9.10. The van der Waals surface area contributed by atoms with Crippen LogP contribution in [0.1, 0.15) is 138 Å². The van der Waals surface area contributed by atoms with Crippen molar-refractivity contribution in [2.75, 3.05) is 0 Å². The molecule has 0 heterocycles. The van der Waals surface area contributed by atoms with Crippen LogP contribution in [0.3, 0.4) is 0 Å². The maximum Gasteiger partial charge on any atom is 0.311 e. The minimum absolute atomic E-state index is 0.00773. The van der Waals surface area contributed by atoms with Gasteiger partial charge < -0.3 is 18.9 Å². The highest BCUT2D eigenvalue weighted by atomic mass is 79.9. The van der Waals surface area contributed by atoms with E-state index >= 15 is 0 Å². The second-order valence-corrected chi connectivity index (χ2v) is 27.3. The molecule has 0 aliphatic heterocycles. The second-order valence-electron chi connectivity index (χ2n) is 25.9. The Hall–Kier alpha value is -4.93. The van der Waals surface area contributed by atoms with Crippen LogP contribution in [0.25, 0.3) is 43.1 Å². The van der Waals surface area contributed by atoms with Gasteiger partial charge in [-0.1, -0.05) is 109 Å². The molecule has 77 heavy (non-hydrogen) atoms. The molecule has 8 aliphatic carbocycles. The van der Waals surface area contributed by atoms with Gasteiger partial charge in [-0.3, -0.25) is 19.2 Å². The Morgan fingerprint density at radius 3 is 1.49 bits per heavy atom. The van der Waals surface area contributed by atoms with E-state index in [2.05, 4.69) is 107 Å². The van der Waals surface area contributed by atoms with Gasteiger partial charge in [0.15, 0.2) is 0 Å². The molecule has 14 rings (SSSR count). The first-order chi connectivity index (χ1) is 36.6. The standard InChI is InChI=1S/C34H40O4S.C33H37BrO4/c1-6-33(2,3)32(36)37-30-22-13-20-14-23(30)16-21(15-22)29(20)31(35)38-34(4,5)24-11-12-26-25-10-8-7-9-19(25)17-28(39)27(26)18-24;1-5-18(2)31(35)37-30-22-12-20-13-23(30)15-21(14-22)29(20)32(36)38-33(3,4)24-10-11-25-19(16-24)17-28(34)27-9-7-6-8-26(25)27/h7-12,17-18,20-23,29-30,39H,6,13-16H2,1-5H3;6-11,16-18,20-23,29-30H,5,12-15H2,1-4H3. The van der Waals surface area contributed by atoms with Crippen LogP contribution in [0.15, 0.2) is 106 Å². The molecule has 0 aromatic heterocycles. The average molecular weight is 1120 g/mol. The molecule has 0 N–H and O–H groups in total. The van der Waals surface area contributed by atoms with E-state index < -0.39 is 16.6 Å². The largest absolute Gasteiger partial charge is 0.462 e. The first-order valence-electron chi connectivity index (χ1n) is 28.8. The molecule has 8 fully saturated rings. The summed E-state index contributed by atoms with van der Waals surface area (Å²) in [5.41, 5.74) is 0.0442. The summed E-state index contributed by atoms with van der Waals surface area (Å²) in [7, 11) is 0. The Balaban J connectivity index is 0.000000164. The predicted molar refractivity (Wildman–Crippen MR) is 311 cm³/mol. The molecule has 8 bridgehead atoms. The summed E-state index contributed by atoms with van der Waals surface area (Å²) in [6.07, 6.45) is 9.25. The molecule has 8 nitrogen and oxygen atoms in total. The van der Waals surface area contributed by atoms with Crippen molar-refractivity contribution >= 4 is 95.5 Å². The SMILES string of the molecule is CCC(C)(C)C(=O)OC1C2CC3CC1CC(C2)C3C(=O)OC(C)(C)c1ccc2c(c1)c(S)cc1ccccc12.CCC(C)C(=O)OC1C2CC3CC1CC(C2)C3C(=O)OC(C)(C)c1ccc2c(c1)cc(Br)c1ccccc12. The first-order valence-corrected chi connectivity index (χ1v) is 30.0. The van der Waals surface area contributed by atoms with Crippen LogP contribution in [0.5, 0.6) is 0 Å². The van der Waals surface area contributed by atoms with E-state index in [1.54, 1.807) is 0 Å². The highest BCUT2D eigenvalue weighted by Crippen LogP contribution is 2.60. The molecular weight excluding hydrogens is 1040 g/mol. The third-order valence-electron chi connectivity index (χ3n) is 20.0. The Bertz CT molecular complexity index is 3240. The number of carbonyl (C=O) groups excluding carboxylic acids is 4. The number of thiol groups is 1. The third kappa shape index (κ3) is 10.0. The minimum Gasteiger partial charge on any atom is -0.462 e.